The van der Waals surface area contributed by atoms with Crippen LogP contribution < -0.4 is 0 Å². The van der Waals surface area contributed by atoms with E-state index in [4.69, 9.17) is 11.6 Å². The minimum atomic E-state index is 0.307. The molecule has 0 bridgehead atoms. The summed E-state index contributed by atoms with van der Waals surface area (Å²) in [6.07, 6.45) is 2.66. The molecule has 0 saturated carbocycles. The fourth-order valence-corrected chi connectivity index (χ4v) is 3.36. The third-order valence-electron chi connectivity index (χ3n) is 3.52. The fourth-order valence-electron chi connectivity index (χ4n) is 2.37. The van der Waals surface area contributed by atoms with Crippen molar-refractivity contribution in [1.29, 1.82) is 0 Å². The second-order valence-electron chi connectivity index (χ2n) is 4.84. The number of thiophene rings is 1. The Morgan fingerprint density at radius 2 is 2.11 bits per heavy atom. The number of rotatable bonds is 6. The van der Waals surface area contributed by atoms with E-state index in [1.54, 1.807) is 11.3 Å². The molecule has 0 unspecified atom stereocenters. The first kappa shape index (κ1) is 14.8. The van der Waals surface area contributed by atoms with Gasteiger partial charge in [0.05, 0.1) is 0 Å². The van der Waals surface area contributed by atoms with Gasteiger partial charge in [-0.25, -0.2) is 0 Å². The molecule has 1 aliphatic rings. The molecule has 5 heteroatoms. The Kier molecular flexibility index (Phi) is 6.14. The van der Waals surface area contributed by atoms with Crippen molar-refractivity contribution in [2.24, 2.45) is 0 Å². The molecule has 0 radical (unpaired) electrons. The third-order valence-corrected chi connectivity index (χ3v) is 4.62. The summed E-state index contributed by atoms with van der Waals surface area (Å²) in [5.41, 5.74) is 0. The van der Waals surface area contributed by atoms with E-state index in [1.807, 2.05) is 4.90 Å². The van der Waals surface area contributed by atoms with Gasteiger partial charge in [-0.1, -0.05) is 6.07 Å². The summed E-state index contributed by atoms with van der Waals surface area (Å²) < 4.78 is 0. The summed E-state index contributed by atoms with van der Waals surface area (Å²) in [6.45, 7) is 4.57. The van der Waals surface area contributed by atoms with E-state index in [-0.39, 0.29) is 0 Å². The maximum atomic E-state index is 12.1. The van der Waals surface area contributed by atoms with Gasteiger partial charge in [-0.3, -0.25) is 9.69 Å². The van der Waals surface area contributed by atoms with Crippen LogP contribution in [0.1, 0.15) is 17.7 Å². The predicted molar refractivity (Wildman–Crippen MR) is 81.0 cm³/mol. The maximum absolute atomic E-state index is 12.1. The maximum Gasteiger partial charge on any atom is 0.222 e. The number of carbonyl (C=O) groups excluding carboxylic acids is 1. The quantitative estimate of drug-likeness (QED) is 0.754. The van der Waals surface area contributed by atoms with Crippen molar-refractivity contribution in [3.8, 4) is 0 Å². The Labute approximate surface area is 124 Å². The predicted octanol–water partition coefficient (Wildman–Crippen LogP) is 2.45. The number of nitrogens with zero attached hydrogens (tertiary/aromatic N) is 2. The first-order valence-electron chi connectivity index (χ1n) is 6.88. The lowest BCUT2D eigenvalue weighted by Gasteiger charge is -2.34. The molecule has 0 spiro atoms. The number of alkyl halides is 1. The van der Waals surface area contributed by atoms with Gasteiger partial charge in [-0.2, -0.15) is 0 Å². The molecule has 0 N–H and O–H groups in total. The molecule has 0 aromatic carbocycles. The Balaban J connectivity index is 1.64. The SMILES string of the molecule is O=C(CCCc1cccs1)N1CCN(CCCl)CC1. The van der Waals surface area contributed by atoms with Gasteiger partial charge in [-0.05, 0) is 24.3 Å². The van der Waals surface area contributed by atoms with Crippen molar-refractivity contribution in [3.63, 3.8) is 0 Å². The summed E-state index contributed by atoms with van der Waals surface area (Å²) in [5.74, 6) is 0.983. The number of piperazine rings is 1. The fraction of sp³-hybridized carbons (Fsp3) is 0.643. The van der Waals surface area contributed by atoms with Gasteiger partial charge in [0.1, 0.15) is 0 Å². The Morgan fingerprint density at radius 1 is 1.32 bits per heavy atom. The zero-order valence-corrected chi connectivity index (χ0v) is 12.8. The van der Waals surface area contributed by atoms with Crippen molar-refractivity contribution < 1.29 is 4.79 Å². The Bertz CT molecular complexity index is 375. The van der Waals surface area contributed by atoms with Crippen LogP contribution >= 0.6 is 22.9 Å². The molecule has 0 aliphatic carbocycles. The molecular formula is C14H21ClN2OS. The van der Waals surface area contributed by atoms with Gasteiger partial charge in [-0.15, -0.1) is 22.9 Å². The van der Waals surface area contributed by atoms with Gasteiger partial charge in [0.2, 0.25) is 5.91 Å². The van der Waals surface area contributed by atoms with Crippen LogP contribution in [0.3, 0.4) is 0 Å². The molecule has 1 amide bonds. The summed E-state index contributed by atoms with van der Waals surface area (Å²) in [4.78, 5) is 17.8. The molecule has 2 rings (SSSR count). The van der Waals surface area contributed by atoms with Crippen LogP contribution in [0.25, 0.3) is 0 Å². The average molecular weight is 301 g/mol. The number of amides is 1. The molecule has 19 heavy (non-hydrogen) atoms. The molecule has 2 heterocycles. The van der Waals surface area contributed by atoms with Gasteiger partial charge in [0.25, 0.3) is 0 Å². The van der Waals surface area contributed by atoms with Crippen molar-refractivity contribution in [2.75, 3.05) is 38.6 Å². The molecular weight excluding hydrogens is 280 g/mol. The average Bonchev–Trinajstić information content (AvgIpc) is 2.93. The van der Waals surface area contributed by atoms with Crippen molar-refractivity contribution in [2.45, 2.75) is 19.3 Å². The standard InChI is InChI=1S/C14H21ClN2OS/c15-6-7-16-8-10-17(11-9-16)14(18)5-1-3-13-4-2-12-19-13/h2,4,12H,1,3,5-11H2. The van der Waals surface area contributed by atoms with Crippen LogP contribution in [0.15, 0.2) is 17.5 Å². The van der Waals surface area contributed by atoms with E-state index in [0.717, 1.165) is 45.6 Å². The zero-order chi connectivity index (χ0) is 13.5. The van der Waals surface area contributed by atoms with E-state index in [1.165, 1.54) is 4.88 Å². The van der Waals surface area contributed by atoms with Crippen LogP contribution in [-0.2, 0) is 11.2 Å². The number of carbonyl (C=O) groups is 1. The van der Waals surface area contributed by atoms with Crippen molar-refractivity contribution in [3.05, 3.63) is 22.4 Å². The highest BCUT2D eigenvalue weighted by molar-refractivity contribution is 7.09. The van der Waals surface area contributed by atoms with E-state index < -0.39 is 0 Å². The number of halogens is 1. The van der Waals surface area contributed by atoms with E-state index in [0.29, 0.717) is 18.2 Å². The number of hydrogen-bond acceptors (Lipinski definition) is 3. The molecule has 3 nitrogen and oxygen atoms in total. The normalized spacial score (nSPS) is 16.8. The summed E-state index contributed by atoms with van der Waals surface area (Å²) >= 11 is 7.50. The van der Waals surface area contributed by atoms with Crippen molar-refractivity contribution in [1.82, 2.24) is 9.80 Å². The van der Waals surface area contributed by atoms with E-state index >= 15 is 0 Å². The van der Waals surface area contributed by atoms with Crippen LogP contribution in [0, 0.1) is 0 Å². The zero-order valence-electron chi connectivity index (χ0n) is 11.2. The minimum Gasteiger partial charge on any atom is -0.340 e. The molecule has 1 aliphatic heterocycles. The summed E-state index contributed by atoms with van der Waals surface area (Å²) in [5, 5.41) is 2.09. The summed E-state index contributed by atoms with van der Waals surface area (Å²) in [7, 11) is 0. The van der Waals surface area contributed by atoms with Gasteiger partial charge in [0, 0.05) is 49.9 Å². The molecule has 1 fully saturated rings. The molecule has 1 aromatic rings. The second-order valence-corrected chi connectivity index (χ2v) is 6.25. The molecule has 0 atom stereocenters. The van der Waals surface area contributed by atoms with Crippen LogP contribution in [0.5, 0.6) is 0 Å². The van der Waals surface area contributed by atoms with Crippen LogP contribution in [0.4, 0.5) is 0 Å². The molecule has 106 valence electrons. The minimum absolute atomic E-state index is 0.307. The van der Waals surface area contributed by atoms with Crippen LogP contribution in [-0.4, -0.2) is 54.3 Å². The number of aryl methyl sites for hydroxylation is 1. The highest BCUT2D eigenvalue weighted by atomic mass is 35.5. The second kappa shape index (κ2) is 7.88. The topological polar surface area (TPSA) is 23.6 Å². The largest absolute Gasteiger partial charge is 0.340 e. The third kappa shape index (κ3) is 4.79. The monoisotopic (exact) mass is 300 g/mol. The van der Waals surface area contributed by atoms with Gasteiger partial charge in [0.15, 0.2) is 0 Å². The first-order valence-corrected chi connectivity index (χ1v) is 8.29. The Hall–Kier alpha value is -0.580. The highest BCUT2D eigenvalue weighted by Crippen LogP contribution is 2.13. The van der Waals surface area contributed by atoms with E-state index in [2.05, 4.69) is 22.4 Å². The van der Waals surface area contributed by atoms with Crippen molar-refractivity contribution >= 4 is 28.8 Å². The lowest BCUT2D eigenvalue weighted by molar-refractivity contribution is -0.133. The van der Waals surface area contributed by atoms with Gasteiger partial charge < -0.3 is 4.90 Å². The molecule has 1 aromatic heterocycles. The van der Waals surface area contributed by atoms with Crippen LogP contribution in [0.2, 0.25) is 0 Å². The number of hydrogen-bond donors (Lipinski definition) is 0. The smallest absolute Gasteiger partial charge is 0.222 e. The Morgan fingerprint density at radius 3 is 2.74 bits per heavy atom. The lowest BCUT2D eigenvalue weighted by atomic mass is 10.2. The summed E-state index contributed by atoms with van der Waals surface area (Å²) in [6, 6.07) is 4.21. The lowest BCUT2D eigenvalue weighted by Crippen LogP contribution is -2.49. The highest BCUT2D eigenvalue weighted by Gasteiger charge is 2.20. The first-order chi connectivity index (χ1) is 9.29. The molecule has 1 saturated heterocycles. The van der Waals surface area contributed by atoms with E-state index in [9.17, 15) is 4.79 Å². The van der Waals surface area contributed by atoms with Gasteiger partial charge >= 0.3 is 0 Å².